The van der Waals surface area contributed by atoms with Crippen LogP contribution in [0.5, 0.6) is 5.75 Å². The van der Waals surface area contributed by atoms with Crippen molar-refractivity contribution in [1.82, 2.24) is 5.32 Å². The number of hydrogen-bond acceptors (Lipinski definition) is 3. The Balaban J connectivity index is 0.00000208. The van der Waals surface area contributed by atoms with E-state index in [9.17, 15) is 5.11 Å². The Morgan fingerprint density at radius 3 is 2.08 bits per heavy atom. The summed E-state index contributed by atoms with van der Waals surface area (Å²) < 4.78 is 5.20. The van der Waals surface area contributed by atoms with E-state index >= 15 is 0 Å². The Morgan fingerprint density at radius 1 is 1.00 bits per heavy atom. The summed E-state index contributed by atoms with van der Waals surface area (Å²) in [5.41, 5.74) is 3.76. The van der Waals surface area contributed by atoms with Crippen molar-refractivity contribution in [2.24, 2.45) is 5.92 Å². The highest BCUT2D eigenvalue weighted by Crippen LogP contribution is 2.30. The molecular formula is C20H26ClNO2. The number of aliphatic hydroxyl groups is 1. The molecule has 0 radical (unpaired) electrons. The first-order chi connectivity index (χ1) is 11.2. The van der Waals surface area contributed by atoms with Crippen molar-refractivity contribution in [3.63, 3.8) is 0 Å². The zero-order valence-corrected chi connectivity index (χ0v) is 15.1. The lowest BCUT2D eigenvalue weighted by Gasteiger charge is -2.12. The number of rotatable bonds is 5. The van der Waals surface area contributed by atoms with Crippen LogP contribution in [0.25, 0.3) is 11.1 Å². The average molecular weight is 348 g/mol. The first kappa shape index (κ1) is 18.8. The second-order valence-corrected chi connectivity index (χ2v) is 6.43. The highest BCUT2D eigenvalue weighted by atomic mass is 35.5. The van der Waals surface area contributed by atoms with Crippen LogP contribution in [0, 0.1) is 5.92 Å². The van der Waals surface area contributed by atoms with E-state index in [1.807, 2.05) is 19.2 Å². The minimum Gasteiger partial charge on any atom is -0.497 e. The molecule has 24 heavy (non-hydrogen) atoms. The average Bonchev–Trinajstić information content (AvgIpc) is 2.95. The molecule has 2 aromatic rings. The van der Waals surface area contributed by atoms with E-state index in [0.717, 1.165) is 25.0 Å². The van der Waals surface area contributed by atoms with Crippen LogP contribution in [0.3, 0.4) is 0 Å². The van der Waals surface area contributed by atoms with Crippen LogP contribution in [-0.2, 0) is 6.42 Å². The standard InChI is InChI=1S/C20H25NO2.ClH/c1-21-19-12-15(13-20(19)22)11-14-3-5-16(6-4-14)17-7-9-18(23-2)10-8-17;/h3-10,15,19-22H,11-13H2,1-2H3;1H/t15-,19+,20+;/m0./s1. The maximum atomic E-state index is 10.0. The van der Waals surface area contributed by atoms with E-state index in [-0.39, 0.29) is 24.6 Å². The predicted molar refractivity (Wildman–Crippen MR) is 101 cm³/mol. The van der Waals surface area contributed by atoms with Gasteiger partial charge < -0.3 is 15.2 Å². The van der Waals surface area contributed by atoms with Crippen molar-refractivity contribution in [1.29, 1.82) is 0 Å². The number of nitrogens with one attached hydrogen (secondary N) is 1. The minimum absolute atomic E-state index is 0. The van der Waals surface area contributed by atoms with Gasteiger partial charge in [0, 0.05) is 6.04 Å². The topological polar surface area (TPSA) is 41.5 Å². The summed E-state index contributed by atoms with van der Waals surface area (Å²) in [7, 11) is 3.61. The molecule has 0 amide bonds. The molecule has 2 aromatic carbocycles. The Morgan fingerprint density at radius 2 is 1.58 bits per heavy atom. The van der Waals surface area contributed by atoms with Crippen LogP contribution in [0.4, 0.5) is 0 Å². The van der Waals surface area contributed by atoms with Crippen molar-refractivity contribution in [2.75, 3.05) is 14.2 Å². The molecular weight excluding hydrogens is 322 g/mol. The summed E-state index contributed by atoms with van der Waals surface area (Å²) in [6.45, 7) is 0. The molecule has 0 aromatic heterocycles. The molecule has 0 bridgehead atoms. The van der Waals surface area contributed by atoms with Gasteiger partial charge in [0.05, 0.1) is 13.2 Å². The molecule has 0 aliphatic heterocycles. The van der Waals surface area contributed by atoms with E-state index in [2.05, 4.69) is 41.7 Å². The zero-order valence-electron chi connectivity index (χ0n) is 14.2. The largest absolute Gasteiger partial charge is 0.497 e. The molecule has 1 aliphatic rings. The molecule has 1 fully saturated rings. The molecule has 3 atom stereocenters. The van der Waals surface area contributed by atoms with Gasteiger partial charge in [-0.3, -0.25) is 0 Å². The van der Waals surface area contributed by atoms with Crippen molar-refractivity contribution >= 4 is 12.4 Å². The first-order valence-corrected chi connectivity index (χ1v) is 8.28. The van der Waals surface area contributed by atoms with E-state index in [0.29, 0.717) is 5.92 Å². The van der Waals surface area contributed by atoms with Gasteiger partial charge in [-0.1, -0.05) is 36.4 Å². The second-order valence-electron chi connectivity index (χ2n) is 6.43. The Labute approximate surface area is 150 Å². The fraction of sp³-hybridized carbons (Fsp3) is 0.400. The number of halogens is 1. The number of benzene rings is 2. The Hall–Kier alpha value is -1.55. The summed E-state index contributed by atoms with van der Waals surface area (Å²) in [6.07, 6.45) is 2.78. The minimum atomic E-state index is -0.205. The van der Waals surface area contributed by atoms with Crippen LogP contribution < -0.4 is 10.1 Å². The van der Waals surface area contributed by atoms with E-state index in [4.69, 9.17) is 4.74 Å². The van der Waals surface area contributed by atoms with Gasteiger partial charge in [0.15, 0.2) is 0 Å². The van der Waals surface area contributed by atoms with Gasteiger partial charge in [-0.2, -0.15) is 0 Å². The van der Waals surface area contributed by atoms with Gasteiger partial charge in [-0.05, 0) is 61.1 Å². The van der Waals surface area contributed by atoms with Crippen LogP contribution in [0.1, 0.15) is 18.4 Å². The lowest BCUT2D eigenvalue weighted by molar-refractivity contribution is 0.150. The summed E-state index contributed by atoms with van der Waals surface area (Å²) in [6, 6.07) is 17.2. The maximum Gasteiger partial charge on any atom is 0.118 e. The summed E-state index contributed by atoms with van der Waals surface area (Å²) >= 11 is 0. The third-order valence-electron chi connectivity index (χ3n) is 4.90. The van der Waals surface area contributed by atoms with Crippen LogP contribution in [0.15, 0.2) is 48.5 Å². The molecule has 1 saturated carbocycles. The van der Waals surface area contributed by atoms with Gasteiger partial charge in [-0.25, -0.2) is 0 Å². The molecule has 0 saturated heterocycles. The smallest absolute Gasteiger partial charge is 0.118 e. The Bertz CT molecular complexity index is 627. The van der Waals surface area contributed by atoms with E-state index < -0.39 is 0 Å². The molecule has 0 unspecified atom stereocenters. The SMILES string of the molecule is CN[C@@H]1C[C@H](Cc2ccc(-c3ccc(OC)cc3)cc2)C[C@H]1O.Cl. The van der Waals surface area contributed by atoms with E-state index in [1.165, 1.54) is 16.7 Å². The maximum absolute atomic E-state index is 10.0. The molecule has 4 heteroatoms. The number of ether oxygens (including phenoxy) is 1. The third kappa shape index (κ3) is 4.29. The van der Waals surface area contributed by atoms with Gasteiger partial charge in [0.1, 0.15) is 5.75 Å². The summed E-state index contributed by atoms with van der Waals surface area (Å²) in [5, 5.41) is 13.2. The normalized spacial score (nSPS) is 22.9. The molecule has 2 N–H and O–H groups in total. The predicted octanol–water partition coefficient (Wildman–Crippen LogP) is 3.69. The summed E-state index contributed by atoms with van der Waals surface area (Å²) in [4.78, 5) is 0. The van der Waals surface area contributed by atoms with Gasteiger partial charge in [-0.15, -0.1) is 12.4 Å². The van der Waals surface area contributed by atoms with Gasteiger partial charge >= 0.3 is 0 Å². The highest BCUT2D eigenvalue weighted by Gasteiger charge is 2.31. The van der Waals surface area contributed by atoms with Crippen molar-refractivity contribution in [3.8, 4) is 16.9 Å². The molecule has 0 heterocycles. The fourth-order valence-corrected chi connectivity index (χ4v) is 3.55. The number of likely N-dealkylation sites (N-methyl/N-ethyl adjacent to an activating group) is 1. The quantitative estimate of drug-likeness (QED) is 0.866. The first-order valence-electron chi connectivity index (χ1n) is 8.28. The highest BCUT2D eigenvalue weighted by molar-refractivity contribution is 5.85. The third-order valence-corrected chi connectivity index (χ3v) is 4.90. The fourth-order valence-electron chi connectivity index (χ4n) is 3.55. The molecule has 3 nitrogen and oxygen atoms in total. The zero-order chi connectivity index (χ0) is 16.2. The lowest BCUT2D eigenvalue weighted by atomic mass is 9.96. The second kappa shape index (κ2) is 8.52. The molecule has 3 rings (SSSR count). The molecule has 0 spiro atoms. The van der Waals surface area contributed by atoms with E-state index in [1.54, 1.807) is 7.11 Å². The van der Waals surface area contributed by atoms with Crippen LogP contribution in [0.2, 0.25) is 0 Å². The molecule has 1 aliphatic carbocycles. The summed E-state index contributed by atoms with van der Waals surface area (Å²) in [5.74, 6) is 1.44. The molecule has 130 valence electrons. The van der Waals surface area contributed by atoms with Crippen molar-refractivity contribution in [2.45, 2.75) is 31.4 Å². The number of aliphatic hydroxyl groups excluding tert-OH is 1. The number of hydrogen-bond donors (Lipinski definition) is 2. The Kier molecular flexibility index (Phi) is 6.67. The monoisotopic (exact) mass is 347 g/mol. The van der Waals surface area contributed by atoms with Crippen LogP contribution >= 0.6 is 12.4 Å². The number of methoxy groups -OCH3 is 1. The van der Waals surface area contributed by atoms with Gasteiger partial charge in [0.25, 0.3) is 0 Å². The van der Waals surface area contributed by atoms with Crippen molar-refractivity contribution in [3.05, 3.63) is 54.1 Å². The van der Waals surface area contributed by atoms with Crippen molar-refractivity contribution < 1.29 is 9.84 Å². The van der Waals surface area contributed by atoms with Gasteiger partial charge in [0.2, 0.25) is 0 Å². The van der Waals surface area contributed by atoms with Crippen LogP contribution in [-0.4, -0.2) is 31.4 Å². The lowest BCUT2D eigenvalue weighted by Crippen LogP contribution is -2.32.